The minimum atomic E-state index is -0.833. The van der Waals surface area contributed by atoms with Gasteiger partial charge in [0.15, 0.2) is 0 Å². The van der Waals surface area contributed by atoms with E-state index in [9.17, 15) is 9.59 Å². The van der Waals surface area contributed by atoms with Crippen LogP contribution in [0.3, 0.4) is 0 Å². The standard InChI is InChI=1S/C12H17N3O3/c13-5-1-6-15(10-2-3-10)12(18)14-7-4-9(8-14)11(16)17/h9-10H,1-4,6-8H2,(H,16,17). The zero-order valence-electron chi connectivity index (χ0n) is 10.2. The number of urea groups is 1. The average molecular weight is 251 g/mol. The third-order valence-corrected chi connectivity index (χ3v) is 3.51. The molecule has 6 nitrogen and oxygen atoms in total. The number of aliphatic carboxylic acids is 1. The zero-order valence-corrected chi connectivity index (χ0v) is 10.2. The molecule has 2 aliphatic rings. The summed E-state index contributed by atoms with van der Waals surface area (Å²) in [5.41, 5.74) is 0. The summed E-state index contributed by atoms with van der Waals surface area (Å²) in [6, 6.07) is 2.21. The van der Waals surface area contributed by atoms with Crippen LogP contribution in [0, 0.1) is 17.2 Å². The molecule has 0 aromatic rings. The van der Waals surface area contributed by atoms with E-state index in [2.05, 4.69) is 0 Å². The second kappa shape index (κ2) is 5.25. The first kappa shape index (κ1) is 12.7. The van der Waals surface area contributed by atoms with Crippen molar-refractivity contribution in [2.45, 2.75) is 31.7 Å². The largest absolute Gasteiger partial charge is 0.481 e. The molecule has 2 rings (SSSR count). The summed E-state index contributed by atoms with van der Waals surface area (Å²) in [4.78, 5) is 26.4. The van der Waals surface area contributed by atoms with Crippen molar-refractivity contribution in [1.82, 2.24) is 9.80 Å². The minimum absolute atomic E-state index is 0.100. The molecule has 2 fully saturated rings. The molecular weight excluding hydrogens is 234 g/mol. The van der Waals surface area contributed by atoms with Crippen LogP contribution in [-0.2, 0) is 4.79 Å². The van der Waals surface area contributed by atoms with Gasteiger partial charge in [0.2, 0.25) is 0 Å². The third-order valence-electron chi connectivity index (χ3n) is 3.51. The van der Waals surface area contributed by atoms with E-state index >= 15 is 0 Å². The maximum absolute atomic E-state index is 12.3. The summed E-state index contributed by atoms with van der Waals surface area (Å²) in [5, 5.41) is 17.5. The number of nitriles is 1. The van der Waals surface area contributed by atoms with E-state index in [1.807, 2.05) is 6.07 Å². The van der Waals surface area contributed by atoms with Crippen LogP contribution in [0.5, 0.6) is 0 Å². The van der Waals surface area contributed by atoms with E-state index in [1.54, 1.807) is 9.80 Å². The fourth-order valence-corrected chi connectivity index (χ4v) is 2.31. The Labute approximate surface area is 106 Å². The van der Waals surface area contributed by atoms with Gasteiger partial charge in [-0.05, 0) is 19.3 Å². The number of likely N-dealkylation sites (tertiary alicyclic amines) is 1. The zero-order chi connectivity index (χ0) is 13.1. The first-order valence-corrected chi connectivity index (χ1v) is 6.28. The van der Waals surface area contributed by atoms with Crippen LogP contribution in [0.2, 0.25) is 0 Å². The smallest absolute Gasteiger partial charge is 0.320 e. The van der Waals surface area contributed by atoms with E-state index in [1.165, 1.54) is 0 Å². The molecule has 0 aromatic heterocycles. The molecule has 1 heterocycles. The molecule has 98 valence electrons. The highest BCUT2D eigenvalue weighted by Crippen LogP contribution is 2.29. The molecule has 1 N–H and O–H groups in total. The summed E-state index contributed by atoms with van der Waals surface area (Å²) in [7, 11) is 0. The van der Waals surface area contributed by atoms with Gasteiger partial charge in [0.25, 0.3) is 0 Å². The van der Waals surface area contributed by atoms with Crippen LogP contribution in [0.1, 0.15) is 25.7 Å². The second-order valence-electron chi connectivity index (χ2n) is 4.89. The maximum Gasteiger partial charge on any atom is 0.320 e. The van der Waals surface area contributed by atoms with Crippen molar-refractivity contribution in [3.63, 3.8) is 0 Å². The van der Waals surface area contributed by atoms with E-state index in [4.69, 9.17) is 10.4 Å². The highest BCUT2D eigenvalue weighted by molar-refractivity contribution is 5.78. The number of hydrogen-bond donors (Lipinski definition) is 1. The van der Waals surface area contributed by atoms with Gasteiger partial charge in [0, 0.05) is 25.7 Å². The Hall–Kier alpha value is -1.77. The van der Waals surface area contributed by atoms with Crippen LogP contribution in [0.4, 0.5) is 4.79 Å². The van der Waals surface area contributed by atoms with Crippen LogP contribution >= 0.6 is 0 Å². The first-order valence-electron chi connectivity index (χ1n) is 6.28. The fourth-order valence-electron chi connectivity index (χ4n) is 2.31. The molecule has 1 aliphatic carbocycles. The van der Waals surface area contributed by atoms with Crippen LogP contribution < -0.4 is 0 Å². The fraction of sp³-hybridized carbons (Fsp3) is 0.750. The molecule has 6 heteroatoms. The summed E-state index contributed by atoms with van der Waals surface area (Å²) < 4.78 is 0. The number of rotatable bonds is 4. The molecule has 1 saturated heterocycles. The van der Waals surface area contributed by atoms with Gasteiger partial charge in [-0.3, -0.25) is 4.79 Å². The highest BCUT2D eigenvalue weighted by Gasteiger charge is 2.38. The maximum atomic E-state index is 12.3. The lowest BCUT2D eigenvalue weighted by atomic mass is 10.1. The predicted octanol–water partition coefficient (Wildman–Crippen LogP) is 0.891. The number of amides is 2. The van der Waals surface area contributed by atoms with Crippen molar-refractivity contribution < 1.29 is 14.7 Å². The monoisotopic (exact) mass is 251 g/mol. The van der Waals surface area contributed by atoms with Gasteiger partial charge in [-0.25, -0.2) is 4.79 Å². The van der Waals surface area contributed by atoms with Crippen molar-refractivity contribution in [3.05, 3.63) is 0 Å². The van der Waals surface area contributed by atoms with Gasteiger partial charge < -0.3 is 14.9 Å². The van der Waals surface area contributed by atoms with Crippen LogP contribution in [-0.4, -0.2) is 52.6 Å². The molecule has 0 bridgehead atoms. The molecular formula is C12H17N3O3. The Morgan fingerprint density at radius 1 is 1.39 bits per heavy atom. The van der Waals surface area contributed by atoms with E-state index in [0.717, 1.165) is 12.8 Å². The summed E-state index contributed by atoms with van der Waals surface area (Å²) >= 11 is 0. The van der Waals surface area contributed by atoms with Gasteiger partial charge >= 0.3 is 12.0 Å². The minimum Gasteiger partial charge on any atom is -0.481 e. The van der Waals surface area contributed by atoms with Crippen molar-refractivity contribution in [2.75, 3.05) is 19.6 Å². The highest BCUT2D eigenvalue weighted by atomic mass is 16.4. The molecule has 1 unspecified atom stereocenters. The van der Waals surface area contributed by atoms with E-state index < -0.39 is 11.9 Å². The Bertz CT molecular complexity index is 387. The SMILES string of the molecule is N#CCCN(C(=O)N1CCC(C(=O)O)C1)C1CC1. The van der Waals surface area contributed by atoms with Crippen molar-refractivity contribution in [1.29, 1.82) is 5.26 Å². The Kier molecular flexibility index (Phi) is 3.70. The molecule has 2 amide bonds. The number of hydrogen-bond acceptors (Lipinski definition) is 3. The lowest BCUT2D eigenvalue weighted by Crippen LogP contribution is -2.44. The molecule has 0 spiro atoms. The molecule has 0 radical (unpaired) electrons. The van der Waals surface area contributed by atoms with E-state index in [-0.39, 0.29) is 12.1 Å². The Balaban J connectivity index is 1.93. The van der Waals surface area contributed by atoms with Crippen molar-refractivity contribution in [3.8, 4) is 6.07 Å². The molecule has 18 heavy (non-hydrogen) atoms. The van der Waals surface area contributed by atoms with Crippen molar-refractivity contribution in [2.24, 2.45) is 5.92 Å². The van der Waals surface area contributed by atoms with Gasteiger partial charge in [-0.1, -0.05) is 0 Å². The second-order valence-corrected chi connectivity index (χ2v) is 4.89. The molecule has 0 aromatic carbocycles. The average Bonchev–Trinajstić information content (AvgIpc) is 3.05. The lowest BCUT2D eigenvalue weighted by molar-refractivity contribution is -0.141. The van der Waals surface area contributed by atoms with Gasteiger partial charge in [0.05, 0.1) is 18.4 Å². The number of carbonyl (C=O) groups is 2. The molecule has 1 aliphatic heterocycles. The lowest BCUT2D eigenvalue weighted by Gasteiger charge is -2.27. The predicted molar refractivity (Wildman–Crippen MR) is 62.7 cm³/mol. The number of carboxylic acid groups (broad SMARTS) is 1. The molecule has 1 atom stereocenters. The normalized spacial score (nSPS) is 22.6. The van der Waals surface area contributed by atoms with Crippen molar-refractivity contribution >= 4 is 12.0 Å². The van der Waals surface area contributed by atoms with Crippen LogP contribution in [0.25, 0.3) is 0 Å². The first-order chi connectivity index (χ1) is 8.63. The topological polar surface area (TPSA) is 84.6 Å². The third kappa shape index (κ3) is 2.73. The van der Waals surface area contributed by atoms with Gasteiger partial charge in [0.1, 0.15) is 0 Å². The van der Waals surface area contributed by atoms with Gasteiger partial charge in [-0.2, -0.15) is 5.26 Å². The molecule has 1 saturated carbocycles. The van der Waals surface area contributed by atoms with E-state index in [0.29, 0.717) is 32.5 Å². The van der Waals surface area contributed by atoms with Gasteiger partial charge in [-0.15, -0.1) is 0 Å². The van der Waals surface area contributed by atoms with Crippen LogP contribution in [0.15, 0.2) is 0 Å². The summed E-state index contributed by atoms with van der Waals surface area (Å²) in [6.07, 6.45) is 2.84. The summed E-state index contributed by atoms with van der Waals surface area (Å²) in [6.45, 7) is 1.25. The Morgan fingerprint density at radius 3 is 2.61 bits per heavy atom. The quantitative estimate of drug-likeness (QED) is 0.804. The summed E-state index contributed by atoms with van der Waals surface area (Å²) in [5.74, 6) is -1.27. The number of carbonyl (C=O) groups excluding carboxylic acids is 1. The Morgan fingerprint density at radius 2 is 2.11 bits per heavy atom. The number of nitrogens with zero attached hydrogens (tertiary/aromatic N) is 3. The number of carboxylic acids is 1.